The van der Waals surface area contributed by atoms with Crippen LogP contribution in [0.4, 0.5) is 0 Å². The number of nitrogens with one attached hydrogen (secondary N) is 1. The van der Waals surface area contributed by atoms with E-state index in [1.165, 1.54) is 19.4 Å². The fourth-order valence-electron chi connectivity index (χ4n) is 2.51. The van der Waals surface area contributed by atoms with E-state index < -0.39 is 0 Å². The molecule has 3 heteroatoms. The van der Waals surface area contributed by atoms with Crippen LogP contribution < -0.4 is 5.32 Å². The molecule has 0 radical (unpaired) electrons. The summed E-state index contributed by atoms with van der Waals surface area (Å²) >= 11 is 0. The number of unbranched alkanes of at least 4 members (excludes halogenated alkanes) is 1. The summed E-state index contributed by atoms with van der Waals surface area (Å²) in [5.41, 5.74) is 0.471. The van der Waals surface area contributed by atoms with Gasteiger partial charge in [0.15, 0.2) is 0 Å². The Kier molecular flexibility index (Phi) is 4.85. The fourth-order valence-corrected chi connectivity index (χ4v) is 2.51. The van der Waals surface area contributed by atoms with E-state index in [1.54, 1.807) is 0 Å². The van der Waals surface area contributed by atoms with Crippen LogP contribution in [0.5, 0.6) is 0 Å². The van der Waals surface area contributed by atoms with Crippen LogP contribution in [0.3, 0.4) is 0 Å². The first-order valence-corrected chi connectivity index (χ1v) is 5.65. The summed E-state index contributed by atoms with van der Waals surface area (Å²) in [6, 6.07) is 0. The number of hydrogen-bond donors (Lipinski definition) is 2. The first-order valence-electron chi connectivity index (χ1n) is 5.65. The van der Waals surface area contributed by atoms with Gasteiger partial charge in [0.25, 0.3) is 0 Å². The molecule has 14 heavy (non-hydrogen) atoms. The quantitative estimate of drug-likeness (QED) is 0.619. The first kappa shape index (κ1) is 12.0. The summed E-state index contributed by atoms with van der Waals surface area (Å²) in [5.74, 6) is 0. The van der Waals surface area contributed by atoms with Gasteiger partial charge in [-0.25, -0.2) is 0 Å². The van der Waals surface area contributed by atoms with E-state index in [0.717, 1.165) is 25.9 Å². The topological polar surface area (TPSA) is 35.5 Å². The molecule has 84 valence electrons. The van der Waals surface area contributed by atoms with E-state index in [1.807, 2.05) is 0 Å². The van der Waals surface area contributed by atoms with E-state index in [9.17, 15) is 0 Å². The van der Waals surface area contributed by atoms with Gasteiger partial charge in [-0.15, -0.1) is 0 Å². The van der Waals surface area contributed by atoms with Gasteiger partial charge < -0.3 is 15.3 Å². The standard InChI is InChI=1S/C11H24N2O/c1-13(2)10-11(5-3-4-8-14)6-7-12-9-11/h12,14H,3-10H2,1-2H3. The minimum absolute atomic E-state index is 0.339. The molecular formula is C11H24N2O. The summed E-state index contributed by atoms with van der Waals surface area (Å²) in [5, 5.41) is 12.2. The zero-order valence-electron chi connectivity index (χ0n) is 9.55. The van der Waals surface area contributed by atoms with Crippen LogP contribution in [0, 0.1) is 5.41 Å². The van der Waals surface area contributed by atoms with Crippen molar-refractivity contribution >= 4 is 0 Å². The molecule has 0 aliphatic carbocycles. The Bertz CT molecular complexity index is 153. The third-order valence-electron chi connectivity index (χ3n) is 3.10. The Morgan fingerprint density at radius 2 is 2.14 bits per heavy atom. The summed E-state index contributed by atoms with van der Waals surface area (Å²) < 4.78 is 0. The normalized spacial score (nSPS) is 27.4. The van der Waals surface area contributed by atoms with Gasteiger partial charge in [-0.3, -0.25) is 0 Å². The Hall–Kier alpha value is -0.120. The van der Waals surface area contributed by atoms with Crippen LogP contribution in [0.15, 0.2) is 0 Å². The highest BCUT2D eigenvalue weighted by Gasteiger charge is 2.33. The van der Waals surface area contributed by atoms with E-state index in [2.05, 4.69) is 24.3 Å². The molecule has 1 rings (SSSR count). The number of aliphatic hydroxyl groups excluding tert-OH is 1. The van der Waals surface area contributed by atoms with Crippen molar-refractivity contribution in [3.05, 3.63) is 0 Å². The number of rotatable bonds is 6. The van der Waals surface area contributed by atoms with Gasteiger partial charge in [0.05, 0.1) is 0 Å². The largest absolute Gasteiger partial charge is 0.396 e. The molecule has 1 saturated heterocycles. The summed E-state index contributed by atoms with van der Waals surface area (Å²) in [7, 11) is 4.29. The monoisotopic (exact) mass is 200 g/mol. The lowest BCUT2D eigenvalue weighted by atomic mass is 9.81. The van der Waals surface area contributed by atoms with E-state index in [-0.39, 0.29) is 0 Å². The number of hydrogen-bond acceptors (Lipinski definition) is 3. The Morgan fingerprint density at radius 3 is 2.64 bits per heavy atom. The molecule has 0 aromatic heterocycles. The molecule has 1 aliphatic heterocycles. The van der Waals surface area contributed by atoms with Gasteiger partial charge in [-0.1, -0.05) is 6.42 Å². The maximum absolute atomic E-state index is 8.78. The molecular weight excluding hydrogens is 176 g/mol. The van der Waals surface area contributed by atoms with Crippen molar-refractivity contribution < 1.29 is 5.11 Å². The zero-order chi connectivity index (χ0) is 10.4. The van der Waals surface area contributed by atoms with Crippen molar-refractivity contribution in [1.82, 2.24) is 10.2 Å². The molecule has 1 heterocycles. The zero-order valence-corrected chi connectivity index (χ0v) is 9.55. The average Bonchev–Trinajstić information content (AvgIpc) is 2.53. The van der Waals surface area contributed by atoms with Gasteiger partial charge in [0, 0.05) is 19.7 Å². The van der Waals surface area contributed by atoms with Crippen molar-refractivity contribution in [1.29, 1.82) is 0 Å². The Labute approximate surface area is 87.5 Å². The molecule has 1 aliphatic rings. The smallest absolute Gasteiger partial charge is 0.0431 e. The van der Waals surface area contributed by atoms with Crippen molar-refractivity contribution in [3.63, 3.8) is 0 Å². The second-order valence-corrected chi connectivity index (χ2v) is 4.85. The molecule has 2 N–H and O–H groups in total. The van der Waals surface area contributed by atoms with Crippen molar-refractivity contribution in [3.8, 4) is 0 Å². The van der Waals surface area contributed by atoms with Gasteiger partial charge in [0.2, 0.25) is 0 Å². The lowest BCUT2D eigenvalue weighted by Gasteiger charge is -2.31. The highest BCUT2D eigenvalue weighted by molar-refractivity contribution is 4.89. The summed E-state index contributed by atoms with van der Waals surface area (Å²) in [6.45, 7) is 3.82. The van der Waals surface area contributed by atoms with Crippen molar-refractivity contribution in [2.45, 2.75) is 25.7 Å². The van der Waals surface area contributed by atoms with Crippen LogP contribution in [-0.4, -0.2) is 50.3 Å². The predicted molar refractivity (Wildman–Crippen MR) is 59.4 cm³/mol. The molecule has 1 fully saturated rings. The second kappa shape index (κ2) is 5.69. The minimum Gasteiger partial charge on any atom is -0.396 e. The molecule has 0 aromatic carbocycles. The Balaban J connectivity index is 2.36. The lowest BCUT2D eigenvalue weighted by Crippen LogP contribution is -2.35. The average molecular weight is 200 g/mol. The molecule has 1 atom stereocenters. The van der Waals surface area contributed by atoms with Gasteiger partial charge in [-0.05, 0) is 45.3 Å². The molecule has 0 bridgehead atoms. The predicted octanol–water partition coefficient (Wildman–Crippen LogP) is 0.690. The third-order valence-corrected chi connectivity index (χ3v) is 3.10. The second-order valence-electron chi connectivity index (χ2n) is 4.85. The first-order chi connectivity index (χ1) is 6.68. The highest BCUT2D eigenvalue weighted by Crippen LogP contribution is 2.32. The van der Waals surface area contributed by atoms with E-state index >= 15 is 0 Å². The summed E-state index contributed by atoms with van der Waals surface area (Å²) in [6.07, 6.45) is 4.65. The molecule has 1 unspecified atom stereocenters. The molecule has 0 saturated carbocycles. The highest BCUT2D eigenvalue weighted by atomic mass is 16.2. The molecule has 3 nitrogen and oxygen atoms in total. The van der Waals surface area contributed by atoms with Crippen LogP contribution in [0.2, 0.25) is 0 Å². The van der Waals surface area contributed by atoms with Gasteiger partial charge >= 0.3 is 0 Å². The molecule has 0 aromatic rings. The summed E-state index contributed by atoms with van der Waals surface area (Å²) in [4.78, 5) is 2.28. The Morgan fingerprint density at radius 1 is 1.36 bits per heavy atom. The van der Waals surface area contributed by atoms with Crippen molar-refractivity contribution in [2.24, 2.45) is 5.41 Å². The fraction of sp³-hybridized carbons (Fsp3) is 1.00. The van der Waals surface area contributed by atoms with Gasteiger partial charge in [0.1, 0.15) is 0 Å². The molecule has 0 spiro atoms. The van der Waals surface area contributed by atoms with Crippen LogP contribution in [0.1, 0.15) is 25.7 Å². The third kappa shape index (κ3) is 3.56. The van der Waals surface area contributed by atoms with Crippen molar-refractivity contribution in [2.75, 3.05) is 40.3 Å². The lowest BCUT2D eigenvalue weighted by molar-refractivity contribution is 0.189. The number of aliphatic hydroxyl groups is 1. The molecule has 0 amide bonds. The van der Waals surface area contributed by atoms with E-state index in [4.69, 9.17) is 5.11 Å². The SMILES string of the molecule is CN(C)CC1(CCCCO)CCNC1. The van der Waals surface area contributed by atoms with Crippen LogP contribution >= 0.6 is 0 Å². The maximum atomic E-state index is 8.78. The van der Waals surface area contributed by atoms with E-state index in [0.29, 0.717) is 12.0 Å². The van der Waals surface area contributed by atoms with Crippen LogP contribution in [0.25, 0.3) is 0 Å². The minimum atomic E-state index is 0.339. The van der Waals surface area contributed by atoms with Gasteiger partial charge in [-0.2, -0.15) is 0 Å². The number of nitrogens with zero attached hydrogens (tertiary/aromatic N) is 1. The van der Waals surface area contributed by atoms with Crippen LogP contribution in [-0.2, 0) is 0 Å². The maximum Gasteiger partial charge on any atom is 0.0431 e.